The van der Waals surface area contributed by atoms with Gasteiger partial charge in [0.15, 0.2) is 0 Å². The van der Waals surface area contributed by atoms with Crippen molar-refractivity contribution in [2.45, 2.75) is 105 Å². The summed E-state index contributed by atoms with van der Waals surface area (Å²) in [6.45, 7) is 14.4. The Kier molecular flexibility index (Phi) is 17.8. The van der Waals surface area contributed by atoms with E-state index in [4.69, 9.17) is 4.74 Å². The molecule has 0 saturated carbocycles. The van der Waals surface area contributed by atoms with Gasteiger partial charge in [0.05, 0.1) is 6.54 Å². The SMILES string of the molecule is CCC(C)[C@H](C(=O)O)N(C)C(=O)CN(C)C(=O)[C@@H](NC(=O)[C@H](CC(C)C)N(C)C(=O)[C@H](CC(C)C)NC(=O)OCc1ccccc1)C(C)C. The average molecular weight is 690 g/mol. The fraction of sp³-hybridized carbons (Fsp3) is 0.667. The first-order valence-electron chi connectivity index (χ1n) is 17.1. The van der Waals surface area contributed by atoms with Crippen LogP contribution in [0.25, 0.3) is 0 Å². The molecule has 1 unspecified atom stereocenters. The number of nitrogens with one attached hydrogen (secondary N) is 2. The third kappa shape index (κ3) is 13.7. The Bertz CT molecular complexity index is 1260. The summed E-state index contributed by atoms with van der Waals surface area (Å²) in [5, 5.41) is 15.2. The summed E-state index contributed by atoms with van der Waals surface area (Å²) in [6, 6.07) is 5.14. The van der Waals surface area contributed by atoms with Crippen molar-refractivity contribution in [2.24, 2.45) is 23.7 Å². The number of rotatable bonds is 19. The highest BCUT2D eigenvalue weighted by Crippen LogP contribution is 2.18. The van der Waals surface area contributed by atoms with Gasteiger partial charge in [0, 0.05) is 21.1 Å². The van der Waals surface area contributed by atoms with Crippen molar-refractivity contribution in [1.82, 2.24) is 25.3 Å². The number of alkyl carbamates (subject to hydrolysis) is 1. The Morgan fingerprint density at radius 3 is 1.86 bits per heavy atom. The maximum Gasteiger partial charge on any atom is 0.408 e. The lowest BCUT2D eigenvalue weighted by atomic mass is 9.97. The Morgan fingerprint density at radius 1 is 0.796 bits per heavy atom. The van der Waals surface area contributed by atoms with Crippen LogP contribution in [-0.2, 0) is 35.3 Å². The van der Waals surface area contributed by atoms with Crippen LogP contribution in [-0.4, -0.2) is 107 Å². The lowest BCUT2D eigenvalue weighted by Crippen LogP contribution is -2.59. The van der Waals surface area contributed by atoms with E-state index >= 15 is 0 Å². The predicted octanol–water partition coefficient (Wildman–Crippen LogP) is 3.76. The molecule has 276 valence electrons. The van der Waals surface area contributed by atoms with Gasteiger partial charge >= 0.3 is 12.1 Å². The van der Waals surface area contributed by atoms with E-state index in [1.54, 1.807) is 20.8 Å². The summed E-state index contributed by atoms with van der Waals surface area (Å²) in [6.07, 6.45) is 0.380. The van der Waals surface area contributed by atoms with E-state index in [1.807, 2.05) is 65.0 Å². The second-order valence-corrected chi connectivity index (χ2v) is 14.1. The molecular formula is C36H59N5O8. The van der Waals surface area contributed by atoms with Gasteiger partial charge in [-0.2, -0.15) is 0 Å². The fourth-order valence-electron chi connectivity index (χ4n) is 5.45. The van der Waals surface area contributed by atoms with E-state index in [-0.39, 0.29) is 43.2 Å². The molecule has 5 atom stereocenters. The monoisotopic (exact) mass is 689 g/mol. The molecule has 3 N–H and O–H groups in total. The van der Waals surface area contributed by atoms with E-state index in [1.165, 1.54) is 30.9 Å². The van der Waals surface area contributed by atoms with Crippen LogP contribution in [0.1, 0.15) is 80.2 Å². The van der Waals surface area contributed by atoms with Crippen molar-refractivity contribution in [1.29, 1.82) is 0 Å². The quantitative estimate of drug-likeness (QED) is 0.198. The summed E-state index contributed by atoms with van der Waals surface area (Å²) in [5.41, 5.74) is 0.794. The first-order chi connectivity index (χ1) is 22.8. The molecule has 0 aromatic heterocycles. The second kappa shape index (κ2) is 20.4. The van der Waals surface area contributed by atoms with Gasteiger partial charge in [-0.25, -0.2) is 9.59 Å². The first kappa shape index (κ1) is 42.9. The Balaban J connectivity index is 3.15. The molecule has 0 spiro atoms. The number of benzene rings is 1. The summed E-state index contributed by atoms with van der Waals surface area (Å²) in [7, 11) is 4.33. The molecule has 13 heteroatoms. The van der Waals surface area contributed by atoms with Crippen molar-refractivity contribution in [2.75, 3.05) is 27.7 Å². The zero-order valence-corrected chi connectivity index (χ0v) is 31.2. The van der Waals surface area contributed by atoms with Crippen LogP contribution in [0.2, 0.25) is 0 Å². The second-order valence-electron chi connectivity index (χ2n) is 14.1. The molecule has 0 aliphatic carbocycles. The van der Waals surface area contributed by atoms with Gasteiger partial charge < -0.3 is 35.2 Å². The molecule has 49 heavy (non-hydrogen) atoms. The molecule has 1 aromatic rings. The van der Waals surface area contributed by atoms with Gasteiger partial charge in [-0.05, 0) is 42.1 Å². The van der Waals surface area contributed by atoms with E-state index in [9.17, 15) is 33.9 Å². The van der Waals surface area contributed by atoms with E-state index in [0.29, 0.717) is 12.8 Å². The summed E-state index contributed by atoms with van der Waals surface area (Å²) < 4.78 is 5.36. The zero-order chi connectivity index (χ0) is 37.6. The van der Waals surface area contributed by atoms with Gasteiger partial charge in [-0.3, -0.25) is 19.2 Å². The third-order valence-corrected chi connectivity index (χ3v) is 8.55. The molecule has 0 radical (unpaired) electrons. The topological polar surface area (TPSA) is 166 Å². The van der Waals surface area contributed by atoms with Crippen LogP contribution in [0.15, 0.2) is 30.3 Å². The van der Waals surface area contributed by atoms with Crippen molar-refractivity contribution in [3.05, 3.63) is 35.9 Å². The number of carboxylic acid groups (broad SMARTS) is 1. The highest BCUT2D eigenvalue weighted by molar-refractivity contribution is 5.95. The summed E-state index contributed by atoms with van der Waals surface area (Å²) in [4.78, 5) is 82.6. The number of nitrogens with zero attached hydrogens (tertiary/aromatic N) is 3. The number of amides is 5. The fourth-order valence-corrected chi connectivity index (χ4v) is 5.45. The number of ether oxygens (including phenoxy) is 1. The van der Waals surface area contributed by atoms with E-state index in [2.05, 4.69) is 10.6 Å². The highest BCUT2D eigenvalue weighted by atomic mass is 16.5. The number of hydrogen-bond donors (Lipinski definition) is 3. The maximum absolute atomic E-state index is 13.9. The van der Waals surface area contributed by atoms with Crippen LogP contribution in [0.5, 0.6) is 0 Å². The Hall–Kier alpha value is -4.16. The van der Waals surface area contributed by atoms with Crippen molar-refractivity contribution in [3.8, 4) is 0 Å². The van der Waals surface area contributed by atoms with Gasteiger partial charge in [0.2, 0.25) is 23.6 Å². The summed E-state index contributed by atoms with van der Waals surface area (Å²) >= 11 is 0. The molecule has 13 nitrogen and oxygen atoms in total. The predicted molar refractivity (Wildman–Crippen MR) is 187 cm³/mol. The minimum atomic E-state index is -1.13. The van der Waals surface area contributed by atoms with Crippen LogP contribution in [0, 0.1) is 23.7 Å². The van der Waals surface area contributed by atoms with E-state index < -0.39 is 59.9 Å². The molecular weight excluding hydrogens is 630 g/mol. The Labute approximate surface area is 292 Å². The lowest BCUT2D eigenvalue weighted by molar-refractivity contribution is -0.152. The largest absolute Gasteiger partial charge is 0.480 e. The molecule has 5 amide bonds. The molecule has 0 aliphatic rings. The molecule has 0 heterocycles. The molecule has 0 bridgehead atoms. The van der Waals surface area contributed by atoms with E-state index in [0.717, 1.165) is 10.5 Å². The van der Waals surface area contributed by atoms with Crippen molar-refractivity contribution < 1.29 is 38.6 Å². The van der Waals surface area contributed by atoms with Gasteiger partial charge in [-0.1, -0.05) is 92.1 Å². The number of carbonyl (C=O) groups is 6. The maximum atomic E-state index is 13.9. The number of carboxylic acids is 1. The van der Waals surface area contributed by atoms with Gasteiger partial charge in [0.25, 0.3) is 0 Å². The van der Waals surface area contributed by atoms with Gasteiger partial charge in [-0.15, -0.1) is 0 Å². The Morgan fingerprint density at radius 2 is 1.37 bits per heavy atom. The number of likely N-dealkylation sites (N-methyl/N-ethyl adjacent to an activating group) is 3. The summed E-state index contributed by atoms with van der Waals surface area (Å²) in [5.74, 6) is -3.89. The molecule has 0 saturated heterocycles. The number of aliphatic carboxylic acids is 1. The van der Waals surface area contributed by atoms with Gasteiger partial charge in [0.1, 0.15) is 30.8 Å². The van der Waals surface area contributed by atoms with Crippen LogP contribution >= 0.6 is 0 Å². The molecule has 1 aromatic carbocycles. The smallest absolute Gasteiger partial charge is 0.408 e. The van der Waals surface area contributed by atoms with Crippen LogP contribution < -0.4 is 10.6 Å². The molecule has 0 aliphatic heterocycles. The average Bonchev–Trinajstić information content (AvgIpc) is 3.03. The number of carbonyl (C=O) groups excluding carboxylic acids is 5. The van der Waals surface area contributed by atoms with Crippen molar-refractivity contribution in [3.63, 3.8) is 0 Å². The lowest BCUT2D eigenvalue weighted by Gasteiger charge is -2.35. The van der Waals surface area contributed by atoms with Crippen LogP contribution in [0.3, 0.4) is 0 Å². The minimum Gasteiger partial charge on any atom is -0.480 e. The number of hydrogen-bond acceptors (Lipinski definition) is 7. The highest BCUT2D eigenvalue weighted by Gasteiger charge is 2.37. The standard InChI is InChI=1S/C36H59N5O8/c1-12-25(8)31(35(46)47)41(11)29(42)20-39(9)34(45)30(24(6)7)38-32(43)28(19-23(4)5)40(10)33(44)27(18-22(2)3)37-36(48)49-21-26-16-14-13-15-17-26/h13-17,22-25,27-28,30-31H,12,18-21H2,1-11H3,(H,37,48)(H,38,43)(H,46,47)/t25?,27-,28-,30-,31+/m0/s1. The van der Waals surface area contributed by atoms with Crippen LogP contribution in [0.4, 0.5) is 4.79 Å². The minimum absolute atomic E-state index is 0.00456. The first-order valence-corrected chi connectivity index (χ1v) is 17.1. The molecule has 0 fully saturated rings. The molecule has 1 rings (SSSR count). The third-order valence-electron chi connectivity index (χ3n) is 8.55. The normalized spacial score (nSPS) is 14.3. The van der Waals surface area contributed by atoms with Crippen molar-refractivity contribution >= 4 is 35.7 Å². The zero-order valence-electron chi connectivity index (χ0n) is 31.2.